The highest BCUT2D eigenvalue weighted by Crippen LogP contribution is 2.33. The average Bonchev–Trinajstić information content (AvgIpc) is 2.81. The van der Waals surface area contributed by atoms with Crippen molar-refractivity contribution in [3.63, 3.8) is 0 Å². The van der Waals surface area contributed by atoms with Gasteiger partial charge in [0.15, 0.2) is 0 Å². The monoisotopic (exact) mass is 426 g/mol. The van der Waals surface area contributed by atoms with E-state index in [0.29, 0.717) is 17.0 Å². The third kappa shape index (κ3) is 4.75. The normalized spacial score (nSPS) is 14.4. The fourth-order valence-electron chi connectivity index (χ4n) is 3.64. The lowest BCUT2D eigenvalue weighted by atomic mass is 9.94. The standard InChI is InChI=1S/C26H22N2O4/c1-18(29)28-16-15-19-7-5-6-10-23(19)24(28)17-25(30)32-22-13-11-21(12-14-22)27-26(31)20-8-3-2-4-9-20/h2-16,24H,17H2,1H3,(H,27,31). The Hall–Kier alpha value is -4.19. The van der Waals surface area contributed by atoms with Crippen molar-refractivity contribution < 1.29 is 19.1 Å². The Bertz CT molecular complexity index is 1170. The van der Waals surface area contributed by atoms with E-state index in [9.17, 15) is 14.4 Å². The van der Waals surface area contributed by atoms with Gasteiger partial charge in [-0.15, -0.1) is 0 Å². The van der Waals surface area contributed by atoms with E-state index >= 15 is 0 Å². The van der Waals surface area contributed by atoms with Crippen LogP contribution < -0.4 is 10.1 Å². The molecule has 0 saturated heterocycles. The van der Waals surface area contributed by atoms with Gasteiger partial charge in [0.1, 0.15) is 5.75 Å². The molecule has 1 aliphatic rings. The third-order valence-corrected chi connectivity index (χ3v) is 5.21. The van der Waals surface area contributed by atoms with Crippen LogP contribution in [0.4, 0.5) is 5.69 Å². The van der Waals surface area contributed by atoms with Crippen molar-refractivity contribution in [1.82, 2.24) is 4.90 Å². The van der Waals surface area contributed by atoms with Gasteiger partial charge in [-0.1, -0.05) is 42.5 Å². The second-order valence-corrected chi connectivity index (χ2v) is 7.41. The Kier molecular flexibility index (Phi) is 6.12. The molecule has 1 heterocycles. The van der Waals surface area contributed by atoms with Crippen molar-refractivity contribution in [1.29, 1.82) is 0 Å². The summed E-state index contributed by atoms with van der Waals surface area (Å²) in [6, 6.07) is 22.7. The average molecular weight is 426 g/mol. The van der Waals surface area contributed by atoms with E-state index < -0.39 is 12.0 Å². The van der Waals surface area contributed by atoms with E-state index in [1.165, 1.54) is 6.92 Å². The first-order valence-electron chi connectivity index (χ1n) is 10.2. The number of rotatable bonds is 5. The van der Waals surface area contributed by atoms with Crippen molar-refractivity contribution in [2.45, 2.75) is 19.4 Å². The van der Waals surface area contributed by atoms with E-state index in [-0.39, 0.29) is 18.2 Å². The van der Waals surface area contributed by atoms with E-state index in [1.54, 1.807) is 59.6 Å². The quantitative estimate of drug-likeness (QED) is 0.469. The lowest BCUT2D eigenvalue weighted by molar-refractivity contribution is -0.137. The number of benzene rings is 3. The number of hydrogen-bond donors (Lipinski definition) is 1. The molecule has 160 valence electrons. The summed E-state index contributed by atoms with van der Waals surface area (Å²) in [5, 5.41) is 2.80. The van der Waals surface area contributed by atoms with Crippen LogP contribution in [-0.4, -0.2) is 22.7 Å². The maximum Gasteiger partial charge on any atom is 0.313 e. The third-order valence-electron chi connectivity index (χ3n) is 5.21. The number of anilines is 1. The summed E-state index contributed by atoms with van der Waals surface area (Å²) >= 11 is 0. The fraction of sp³-hybridized carbons (Fsp3) is 0.115. The highest BCUT2D eigenvalue weighted by atomic mass is 16.5. The molecule has 0 aliphatic carbocycles. The second kappa shape index (κ2) is 9.31. The summed E-state index contributed by atoms with van der Waals surface area (Å²) < 4.78 is 5.49. The first kappa shape index (κ1) is 21.1. The molecular formula is C26H22N2O4. The number of amides is 2. The van der Waals surface area contributed by atoms with Crippen molar-refractivity contribution in [2.75, 3.05) is 5.32 Å². The number of carbonyl (C=O) groups is 3. The van der Waals surface area contributed by atoms with Gasteiger partial charge in [-0.2, -0.15) is 0 Å². The molecule has 3 aromatic carbocycles. The van der Waals surface area contributed by atoms with Crippen LogP contribution >= 0.6 is 0 Å². The van der Waals surface area contributed by atoms with E-state index in [1.807, 2.05) is 36.4 Å². The van der Waals surface area contributed by atoms with Crippen LogP contribution in [0.5, 0.6) is 5.75 Å². The largest absolute Gasteiger partial charge is 0.426 e. The number of nitrogens with zero attached hydrogens (tertiary/aromatic N) is 1. The molecule has 3 aromatic rings. The summed E-state index contributed by atoms with van der Waals surface area (Å²) in [5.41, 5.74) is 3.02. The van der Waals surface area contributed by atoms with Gasteiger partial charge in [-0.05, 0) is 53.6 Å². The van der Waals surface area contributed by atoms with E-state index in [4.69, 9.17) is 4.74 Å². The molecule has 0 saturated carbocycles. The molecule has 0 radical (unpaired) electrons. The van der Waals surface area contributed by atoms with Gasteiger partial charge in [-0.25, -0.2) is 0 Å². The van der Waals surface area contributed by atoms with Gasteiger partial charge >= 0.3 is 5.97 Å². The molecule has 1 N–H and O–H groups in total. The van der Waals surface area contributed by atoms with Crippen molar-refractivity contribution in [3.05, 3.63) is 102 Å². The predicted molar refractivity (Wildman–Crippen MR) is 122 cm³/mol. The van der Waals surface area contributed by atoms with Crippen LogP contribution in [0.1, 0.15) is 40.9 Å². The molecule has 1 unspecified atom stereocenters. The lowest BCUT2D eigenvalue weighted by Crippen LogP contribution is -2.33. The van der Waals surface area contributed by atoms with Crippen LogP contribution in [0.2, 0.25) is 0 Å². The van der Waals surface area contributed by atoms with Gasteiger partial charge < -0.3 is 15.0 Å². The summed E-state index contributed by atoms with van der Waals surface area (Å²) in [5.74, 6) is -0.454. The van der Waals surface area contributed by atoms with E-state index in [2.05, 4.69) is 5.32 Å². The predicted octanol–water partition coefficient (Wildman–Crippen LogP) is 4.81. The van der Waals surface area contributed by atoms with Crippen molar-refractivity contribution in [2.24, 2.45) is 0 Å². The molecule has 1 aliphatic heterocycles. The van der Waals surface area contributed by atoms with Crippen LogP contribution in [0, 0.1) is 0 Å². The summed E-state index contributed by atoms with van der Waals surface area (Å²) in [7, 11) is 0. The topological polar surface area (TPSA) is 75.7 Å². The fourth-order valence-corrected chi connectivity index (χ4v) is 3.64. The molecule has 1 atom stereocenters. The summed E-state index contributed by atoms with van der Waals surface area (Å²) in [4.78, 5) is 38.5. The first-order valence-corrected chi connectivity index (χ1v) is 10.2. The van der Waals surface area contributed by atoms with E-state index in [0.717, 1.165) is 11.1 Å². The van der Waals surface area contributed by atoms with Gasteiger partial charge in [0, 0.05) is 24.4 Å². The minimum Gasteiger partial charge on any atom is -0.426 e. The maximum atomic E-state index is 12.7. The van der Waals surface area contributed by atoms with Crippen LogP contribution in [0.15, 0.2) is 85.1 Å². The number of ether oxygens (including phenoxy) is 1. The van der Waals surface area contributed by atoms with Crippen LogP contribution in [0.3, 0.4) is 0 Å². The Balaban J connectivity index is 1.41. The summed E-state index contributed by atoms with van der Waals surface area (Å²) in [6.45, 7) is 1.47. The molecule has 4 rings (SSSR count). The maximum absolute atomic E-state index is 12.7. The molecule has 0 aromatic heterocycles. The molecule has 0 bridgehead atoms. The van der Waals surface area contributed by atoms with Gasteiger partial charge in [-0.3, -0.25) is 14.4 Å². The van der Waals surface area contributed by atoms with Crippen LogP contribution in [0.25, 0.3) is 6.08 Å². The van der Waals surface area contributed by atoms with Gasteiger partial charge in [0.05, 0.1) is 12.5 Å². The van der Waals surface area contributed by atoms with Gasteiger partial charge in [0.25, 0.3) is 5.91 Å². The molecule has 6 heteroatoms. The lowest BCUT2D eigenvalue weighted by Gasteiger charge is -2.32. The number of carbonyl (C=O) groups excluding carboxylic acids is 3. The number of fused-ring (bicyclic) bond motifs is 1. The Morgan fingerprint density at radius 2 is 1.59 bits per heavy atom. The van der Waals surface area contributed by atoms with Gasteiger partial charge in [0.2, 0.25) is 5.91 Å². The first-order chi connectivity index (χ1) is 15.5. The van der Waals surface area contributed by atoms with Crippen molar-refractivity contribution in [3.8, 4) is 5.75 Å². The highest BCUT2D eigenvalue weighted by Gasteiger charge is 2.28. The SMILES string of the molecule is CC(=O)N1C=Cc2ccccc2C1CC(=O)Oc1ccc(NC(=O)c2ccccc2)cc1. The minimum atomic E-state index is -0.451. The second-order valence-electron chi connectivity index (χ2n) is 7.41. The zero-order valence-corrected chi connectivity index (χ0v) is 17.5. The Morgan fingerprint density at radius 3 is 2.31 bits per heavy atom. The summed E-state index contributed by atoms with van der Waals surface area (Å²) in [6.07, 6.45) is 3.58. The zero-order valence-electron chi connectivity index (χ0n) is 17.5. The number of esters is 1. The highest BCUT2D eigenvalue weighted by molar-refractivity contribution is 6.04. The van der Waals surface area contributed by atoms with Crippen LogP contribution in [-0.2, 0) is 9.59 Å². The minimum absolute atomic E-state index is 0.0213. The molecule has 32 heavy (non-hydrogen) atoms. The molecule has 2 amide bonds. The molecule has 6 nitrogen and oxygen atoms in total. The molecule has 0 spiro atoms. The van der Waals surface area contributed by atoms with Crippen molar-refractivity contribution >= 4 is 29.5 Å². The smallest absolute Gasteiger partial charge is 0.313 e. The molecular weight excluding hydrogens is 404 g/mol. The Morgan fingerprint density at radius 1 is 0.906 bits per heavy atom. The Labute approximate surface area is 186 Å². The number of nitrogens with one attached hydrogen (secondary N) is 1. The molecule has 0 fully saturated rings. The number of hydrogen-bond acceptors (Lipinski definition) is 4. The zero-order chi connectivity index (χ0) is 22.5.